The molecule has 0 rings (SSSR count). The van der Waals surface area contributed by atoms with Crippen molar-refractivity contribution >= 4 is 0 Å². The monoisotopic (exact) mass is 186 g/mol. The summed E-state index contributed by atoms with van der Waals surface area (Å²) in [5.74, 6) is 1.38. The standard InChI is InChI=1S/C12H26O/c1-6-7-12(5,13)9-11(4)8-10(2)3/h10-11,13H,6-9H2,1-5H3. The van der Waals surface area contributed by atoms with Gasteiger partial charge in [0.05, 0.1) is 5.60 Å². The van der Waals surface area contributed by atoms with Gasteiger partial charge in [-0.2, -0.15) is 0 Å². The van der Waals surface area contributed by atoms with Gasteiger partial charge in [0.2, 0.25) is 0 Å². The van der Waals surface area contributed by atoms with Gasteiger partial charge in [-0.05, 0) is 38.0 Å². The molecule has 0 aliphatic rings. The fourth-order valence-corrected chi connectivity index (χ4v) is 2.28. The van der Waals surface area contributed by atoms with Crippen LogP contribution < -0.4 is 0 Å². The summed E-state index contributed by atoms with van der Waals surface area (Å²) in [6.45, 7) is 10.8. The molecule has 0 spiro atoms. The largest absolute Gasteiger partial charge is 0.390 e. The van der Waals surface area contributed by atoms with Crippen LogP contribution in [0.4, 0.5) is 0 Å². The Kier molecular flexibility index (Phi) is 5.62. The van der Waals surface area contributed by atoms with E-state index < -0.39 is 5.60 Å². The van der Waals surface area contributed by atoms with E-state index >= 15 is 0 Å². The van der Waals surface area contributed by atoms with Gasteiger partial charge in [-0.25, -0.2) is 0 Å². The predicted octanol–water partition coefficient (Wildman–Crippen LogP) is 3.61. The summed E-state index contributed by atoms with van der Waals surface area (Å²) in [6, 6.07) is 0. The second-order valence-corrected chi connectivity index (χ2v) is 5.19. The number of hydrogen-bond donors (Lipinski definition) is 1. The highest BCUT2D eigenvalue weighted by Gasteiger charge is 2.22. The molecular weight excluding hydrogens is 160 g/mol. The molecule has 0 aliphatic carbocycles. The molecule has 0 aromatic carbocycles. The van der Waals surface area contributed by atoms with Crippen molar-refractivity contribution in [2.75, 3.05) is 0 Å². The minimum absolute atomic E-state index is 0.441. The smallest absolute Gasteiger partial charge is 0.0622 e. The van der Waals surface area contributed by atoms with Crippen LogP contribution >= 0.6 is 0 Å². The van der Waals surface area contributed by atoms with Gasteiger partial charge in [0.25, 0.3) is 0 Å². The van der Waals surface area contributed by atoms with Crippen LogP contribution in [0.3, 0.4) is 0 Å². The normalized spacial score (nSPS) is 18.7. The molecule has 80 valence electrons. The average molecular weight is 186 g/mol. The molecule has 0 fully saturated rings. The Hall–Kier alpha value is -0.0400. The van der Waals surface area contributed by atoms with Crippen LogP contribution in [0.25, 0.3) is 0 Å². The van der Waals surface area contributed by atoms with Crippen LogP contribution in [-0.2, 0) is 0 Å². The van der Waals surface area contributed by atoms with Crippen molar-refractivity contribution in [3.63, 3.8) is 0 Å². The first kappa shape index (κ1) is 13.0. The number of aliphatic hydroxyl groups is 1. The molecule has 1 nitrogen and oxygen atoms in total. The molecule has 0 saturated heterocycles. The van der Waals surface area contributed by atoms with E-state index in [1.165, 1.54) is 6.42 Å². The SMILES string of the molecule is CCCC(C)(O)CC(C)CC(C)C. The lowest BCUT2D eigenvalue weighted by molar-refractivity contribution is 0.0244. The van der Waals surface area contributed by atoms with Gasteiger partial charge in [-0.3, -0.25) is 0 Å². The van der Waals surface area contributed by atoms with E-state index in [1.807, 2.05) is 6.92 Å². The van der Waals surface area contributed by atoms with Crippen molar-refractivity contribution in [1.82, 2.24) is 0 Å². The summed E-state index contributed by atoms with van der Waals surface area (Å²) in [7, 11) is 0. The first-order valence-corrected chi connectivity index (χ1v) is 5.59. The zero-order valence-electron chi connectivity index (χ0n) is 9.93. The highest BCUT2D eigenvalue weighted by atomic mass is 16.3. The summed E-state index contributed by atoms with van der Waals surface area (Å²) in [5.41, 5.74) is -0.441. The van der Waals surface area contributed by atoms with Crippen molar-refractivity contribution in [2.45, 2.75) is 65.9 Å². The molecule has 1 N–H and O–H groups in total. The highest BCUT2D eigenvalue weighted by molar-refractivity contribution is 4.75. The third-order valence-corrected chi connectivity index (χ3v) is 2.45. The van der Waals surface area contributed by atoms with Gasteiger partial charge in [-0.15, -0.1) is 0 Å². The Morgan fingerprint density at radius 3 is 2.15 bits per heavy atom. The van der Waals surface area contributed by atoms with Crippen LogP contribution in [0, 0.1) is 11.8 Å². The van der Waals surface area contributed by atoms with Gasteiger partial charge >= 0.3 is 0 Å². The fraction of sp³-hybridized carbons (Fsp3) is 1.00. The van der Waals surface area contributed by atoms with E-state index in [9.17, 15) is 5.11 Å². The zero-order valence-corrected chi connectivity index (χ0v) is 9.93. The molecule has 0 amide bonds. The topological polar surface area (TPSA) is 20.2 Å². The van der Waals surface area contributed by atoms with Gasteiger partial charge in [0.15, 0.2) is 0 Å². The van der Waals surface area contributed by atoms with Crippen LogP contribution in [0.15, 0.2) is 0 Å². The molecule has 0 aromatic rings. The van der Waals surface area contributed by atoms with Gasteiger partial charge in [0, 0.05) is 0 Å². The van der Waals surface area contributed by atoms with E-state index in [-0.39, 0.29) is 0 Å². The Balaban J connectivity index is 3.81. The molecule has 0 saturated carbocycles. The third-order valence-electron chi connectivity index (χ3n) is 2.45. The summed E-state index contributed by atoms with van der Waals surface area (Å²) in [4.78, 5) is 0. The number of hydrogen-bond acceptors (Lipinski definition) is 1. The molecule has 2 atom stereocenters. The molecule has 1 heteroatoms. The lowest BCUT2D eigenvalue weighted by Crippen LogP contribution is -2.26. The lowest BCUT2D eigenvalue weighted by Gasteiger charge is -2.27. The molecule has 0 aliphatic heterocycles. The molecular formula is C12H26O. The maximum atomic E-state index is 10.00. The maximum Gasteiger partial charge on any atom is 0.0622 e. The summed E-state index contributed by atoms with van der Waals surface area (Å²) < 4.78 is 0. The van der Waals surface area contributed by atoms with Crippen molar-refractivity contribution in [1.29, 1.82) is 0 Å². The van der Waals surface area contributed by atoms with E-state index in [2.05, 4.69) is 27.7 Å². The first-order valence-electron chi connectivity index (χ1n) is 5.59. The van der Waals surface area contributed by atoms with Crippen molar-refractivity contribution in [2.24, 2.45) is 11.8 Å². The third kappa shape index (κ3) is 7.06. The molecule has 13 heavy (non-hydrogen) atoms. The molecule has 0 bridgehead atoms. The van der Waals surface area contributed by atoms with Crippen LogP contribution in [0.1, 0.15) is 60.3 Å². The van der Waals surface area contributed by atoms with E-state index in [1.54, 1.807) is 0 Å². The van der Waals surface area contributed by atoms with Crippen LogP contribution in [-0.4, -0.2) is 10.7 Å². The van der Waals surface area contributed by atoms with Crippen LogP contribution in [0.5, 0.6) is 0 Å². The van der Waals surface area contributed by atoms with Crippen LogP contribution in [0.2, 0.25) is 0 Å². The lowest BCUT2D eigenvalue weighted by atomic mass is 9.85. The van der Waals surface area contributed by atoms with Crippen molar-refractivity contribution in [3.05, 3.63) is 0 Å². The number of rotatable bonds is 6. The fourth-order valence-electron chi connectivity index (χ4n) is 2.28. The highest BCUT2D eigenvalue weighted by Crippen LogP contribution is 2.25. The van der Waals surface area contributed by atoms with E-state index in [0.717, 1.165) is 25.2 Å². The summed E-state index contributed by atoms with van der Waals surface area (Å²) in [6.07, 6.45) is 4.16. The van der Waals surface area contributed by atoms with E-state index in [0.29, 0.717) is 5.92 Å². The predicted molar refractivity (Wildman–Crippen MR) is 58.8 cm³/mol. The Bertz CT molecular complexity index is 127. The first-order chi connectivity index (χ1) is 5.87. The Morgan fingerprint density at radius 1 is 1.23 bits per heavy atom. The Morgan fingerprint density at radius 2 is 1.77 bits per heavy atom. The molecule has 0 aromatic heterocycles. The molecule has 0 heterocycles. The summed E-state index contributed by atoms with van der Waals surface area (Å²) in [5, 5.41) is 10.00. The molecule has 0 radical (unpaired) electrons. The van der Waals surface area contributed by atoms with Gasteiger partial charge in [-0.1, -0.05) is 34.1 Å². The second kappa shape index (κ2) is 5.64. The second-order valence-electron chi connectivity index (χ2n) is 5.19. The quantitative estimate of drug-likeness (QED) is 0.672. The van der Waals surface area contributed by atoms with Crippen molar-refractivity contribution < 1.29 is 5.11 Å². The van der Waals surface area contributed by atoms with Gasteiger partial charge in [0.1, 0.15) is 0 Å². The average Bonchev–Trinajstić information content (AvgIpc) is 1.81. The zero-order chi connectivity index (χ0) is 10.5. The van der Waals surface area contributed by atoms with E-state index in [4.69, 9.17) is 0 Å². The molecule has 2 unspecified atom stereocenters. The minimum Gasteiger partial charge on any atom is -0.390 e. The maximum absolute atomic E-state index is 10.00. The Labute approximate surface area is 83.5 Å². The summed E-state index contributed by atoms with van der Waals surface area (Å²) >= 11 is 0. The minimum atomic E-state index is -0.441. The van der Waals surface area contributed by atoms with Crippen molar-refractivity contribution in [3.8, 4) is 0 Å². The van der Waals surface area contributed by atoms with Gasteiger partial charge < -0.3 is 5.11 Å².